The van der Waals surface area contributed by atoms with Gasteiger partial charge in [-0.25, -0.2) is 4.98 Å². The lowest BCUT2D eigenvalue weighted by atomic mass is 10.1. The van der Waals surface area contributed by atoms with Gasteiger partial charge >= 0.3 is 5.69 Å². The second-order valence-electron chi connectivity index (χ2n) is 8.80. The highest BCUT2D eigenvalue weighted by molar-refractivity contribution is 6.31. The number of rotatable bonds is 9. The number of hydrogen-bond acceptors (Lipinski definition) is 9. The van der Waals surface area contributed by atoms with E-state index in [0.717, 1.165) is 23.3 Å². The summed E-state index contributed by atoms with van der Waals surface area (Å²) in [6.07, 6.45) is 1.65. The predicted molar refractivity (Wildman–Crippen MR) is 154 cm³/mol. The van der Waals surface area contributed by atoms with Crippen molar-refractivity contribution in [1.29, 1.82) is 0 Å². The molecule has 11 nitrogen and oxygen atoms in total. The molecule has 0 aliphatic carbocycles. The van der Waals surface area contributed by atoms with Crippen LogP contribution in [0.4, 0.5) is 17.1 Å². The van der Waals surface area contributed by atoms with Gasteiger partial charge in [-0.2, -0.15) is 0 Å². The lowest BCUT2D eigenvalue weighted by molar-refractivity contribution is -0.394. The van der Waals surface area contributed by atoms with Gasteiger partial charge in [-0.05, 0) is 79.6 Å². The van der Waals surface area contributed by atoms with Crippen molar-refractivity contribution in [3.63, 3.8) is 0 Å². The van der Waals surface area contributed by atoms with Gasteiger partial charge < -0.3 is 13.9 Å². The van der Waals surface area contributed by atoms with Crippen molar-refractivity contribution in [2.24, 2.45) is 4.99 Å². The van der Waals surface area contributed by atoms with Gasteiger partial charge in [0, 0.05) is 22.9 Å². The van der Waals surface area contributed by atoms with Gasteiger partial charge in [0.2, 0.25) is 11.6 Å². The zero-order valence-corrected chi connectivity index (χ0v) is 22.5. The Labute approximate surface area is 237 Å². The van der Waals surface area contributed by atoms with E-state index in [1.54, 1.807) is 49.5 Å². The van der Waals surface area contributed by atoms with E-state index in [1.165, 1.54) is 6.07 Å². The van der Waals surface area contributed by atoms with Crippen molar-refractivity contribution < 1.29 is 23.7 Å². The molecule has 4 aromatic carbocycles. The zero-order valence-electron chi connectivity index (χ0n) is 21.7. The second-order valence-corrected chi connectivity index (χ2v) is 9.23. The van der Waals surface area contributed by atoms with Gasteiger partial charge in [0.25, 0.3) is 5.69 Å². The summed E-state index contributed by atoms with van der Waals surface area (Å²) < 4.78 is 17.4. The summed E-state index contributed by atoms with van der Waals surface area (Å²) in [7, 11) is 0. The van der Waals surface area contributed by atoms with E-state index in [4.69, 9.17) is 25.5 Å². The van der Waals surface area contributed by atoms with Crippen molar-refractivity contribution >= 4 is 46.0 Å². The smallest absolute Gasteiger partial charge is 0.318 e. The number of hydrogen-bond donors (Lipinski definition) is 0. The highest BCUT2D eigenvalue weighted by Gasteiger charge is 2.22. The minimum Gasteiger partial charge on any atom is -0.490 e. The van der Waals surface area contributed by atoms with Crippen LogP contribution >= 0.6 is 11.6 Å². The first-order valence-electron chi connectivity index (χ1n) is 12.3. The maximum Gasteiger partial charge on any atom is 0.318 e. The van der Waals surface area contributed by atoms with E-state index in [1.807, 2.05) is 25.1 Å². The minimum atomic E-state index is -0.740. The first-order chi connectivity index (χ1) is 19.7. The fourth-order valence-corrected chi connectivity index (χ4v) is 4.14. The number of benzene rings is 4. The number of halogens is 1. The standard InChI is InChI=1S/C29H21ClN4O7/c1-3-39-28-12-18(5-9-27(28)40-26-11-8-21(33(35)36)15-24(26)34(37)38)16-31-22-13-19(6-4-17(22)2)29-32-23-14-20(30)7-10-25(23)41-29/h4-16H,3H2,1-2H3. The van der Waals surface area contributed by atoms with E-state index < -0.39 is 21.2 Å². The maximum atomic E-state index is 11.5. The summed E-state index contributed by atoms with van der Waals surface area (Å²) in [6.45, 7) is 4.02. The SMILES string of the molecule is CCOc1cc(C=Nc2cc(-c3nc4cc(Cl)ccc4o3)ccc2C)ccc1Oc1ccc([N+](=O)[O-])cc1[N+](=O)[O-]. The summed E-state index contributed by atoms with van der Waals surface area (Å²) in [6, 6.07) is 19.1. The molecule has 206 valence electrons. The Hall–Kier alpha value is -5.29. The average molecular weight is 573 g/mol. The number of aryl methyl sites for hydroxylation is 1. The minimum absolute atomic E-state index is 0.156. The third-order valence-corrected chi connectivity index (χ3v) is 6.23. The Morgan fingerprint density at radius 1 is 0.951 bits per heavy atom. The van der Waals surface area contributed by atoms with Crippen LogP contribution in [0.1, 0.15) is 18.1 Å². The van der Waals surface area contributed by atoms with Crippen LogP contribution in [-0.4, -0.2) is 27.7 Å². The Bertz CT molecular complexity index is 1830. The molecule has 0 fully saturated rings. The van der Waals surface area contributed by atoms with E-state index in [0.29, 0.717) is 45.6 Å². The molecule has 0 unspecified atom stereocenters. The summed E-state index contributed by atoms with van der Waals surface area (Å²) >= 11 is 6.07. The molecule has 5 aromatic rings. The number of non-ortho nitro benzene ring substituents is 1. The van der Waals surface area contributed by atoms with Crippen LogP contribution in [0.15, 0.2) is 82.2 Å². The van der Waals surface area contributed by atoms with Crippen molar-refractivity contribution in [2.45, 2.75) is 13.8 Å². The largest absolute Gasteiger partial charge is 0.490 e. The summed E-state index contributed by atoms with van der Waals surface area (Å²) in [5, 5.41) is 23.1. The van der Waals surface area contributed by atoms with Crippen LogP contribution < -0.4 is 9.47 Å². The van der Waals surface area contributed by atoms with Crippen LogP contribution in [-0.2, 0) is 0 Å². The molecule has 12 heteroatoms. The quantitative estimate of drug-likeness (QED) is 0.0975. The number of ether oxygens (including phenoxy) is 2. The molecule has 1 heterocycles. The molecular formula is C29H21ClN4O7. The Balaban J connectivity index is 1.42. The zero-order chi connectivity index (χ0) is 29.1. The van der Waals surface area contributed by atoms with Crippen LogP contribution in [0.3, 0.4) is 0 Å². The van der Waals surface area contributed by atoms with Crippen molar-refractivity contribution in [2.75, 3.05) is 6.61 Å². The molecule has 0 radical (unpaired) electrons. The summed E-state index contributed by atoms with van der Waals surface area (Å²) in [5.41, 5.74) is 3.38. The normalized spacial score (nSPS) is 11.2. The van der Waals surface area contributed by atoms with E-state index >= 15 is 0 Å². The van der Waals surface area contributed by atoms with Crippen LogP contribution in [0.25, 0.3) is 22.6 Å². The monoisotopic (exact) mass is 572 g/mol. The number of fused-ring (bicyclic) bond motifs is 1. The number of oxazole rings is 1. The first kappa shape index (κ1) is 27.3. The molecule has 5 rings (SSSR count). The Kier molecular flexibility index (Phi) is 7.61. The number of aromatic nitrogens is 1. The molecule has 0 N–H and O–H groups in total. The fraction of sp³-hybridized carbons (Fsp3) is 0.103. The Morgan fingerprint density at radius 2 is 1.76 bits per heavy atom. The predicted octanol–water partition coefficient (Wildman–Crippen LogP) is 8.21. The topological polar surface area (TPSA) is 143 Å². The fourth-order valence-electron chi connectivity index (χ4n) is 3.97. The average Bonchev–Trinajstić information content (AvgIpc) is 3.37. The molecule has 0 atom stereocenters. The van der Waals surface area contributed by atoms with E-state index in [2.05, 4.69) is 9.98 Å². The lowest BCUT2D eigenvalue weighted by Gasteiger charge is -2.12. The molecule has 0 spiro atoms. The van der Waals surface area contributed by atoms with Crippen LogP contribution in [0.2, 0.25) is 5.02 Å². The Morgan fingerprint density at radius 3 is 2.51 bits per heavy atom. The molecule has 0 aliphatic rings. The molecule has 0 saturated heterocycles. The molecular weight excluding hydrogens is 552 g/mol. The number of nitro groups is 2. The summed E-state index contributed by atoms with van der Waals surface area (Å²) in [5.74, 6) is 0.811. The molecule has 0 bridgehead atoms. The molecule has 0 aliphatic heterocycles. The van der Waals surface area contributed by atoms with Crippen molar-refractivity contribution in [1.82, 2.24) is 4.98 Å². The number of aliphatic imine (C=N–C) groups is 1. The molecule has 0 amide bonds. The van der Waals surface area contributed by atoms with E-state index in [9.17, 15) is 20.2 Å². The van der Waals surface area contributed by atoms with Crippen molar-refractivity contribution in [3.8, 4) is 28.7 Å². The van der Waals surface area contributed by atoms with Crippen LogP contribution in [0, 0.1) is 27.2 Å². The molecule has 1 aromatic heterocycles. The third-order valence-electron chi connectivity index (χ3n) is 6.00. The summed E-state index contributed by atoms with van der Waals surface area (Å²) in [4.78, 5) is 30.3. The maximum absolute atomic E-state index is 11.5. The number of nitro benzene ring substituents is 2. The van der Waals surface area contributed by atoms with Gasteiger partial charge in [0.15, 0.2) is 17.1 Å². The lowest BCUT2D eigenvalue weighted by Crippen LogP contribution is -1.99. The molecule has 0 saturated carbocycles. The van der Waals surface area contributed by atoms with Crippen molar-refractivity contribution in [3.05, 3.63) is 109 Å². The molecule has 41 heavy (non-hydrogen) atoms. The van der Waals surface area contributed by atoms with Gasteiger partial charge in [-0.15, -0.1) is 0 Å². The highest BCUT2D eigenvalue weighted by Crippen LogP contribution is 2.38. The highest BCUT2D eigenvalue weighted by atomic mass is 35.5. The number of nitrogens with zero attached hydrogens (tertiary/aromatic N) is 4. The third kappa shape index (κ3) is 5.99. The van der Waals surface area contributed by atoms with Gasteiger partial charge in [0.05, 0.1) is 28.2 Å². The van der Waals surface area contributed by atoms with Gasteiger partial charge in [0.1, 0.15) is 5.52 Å². The van der Waals surface area contributed by atoms with Gasteiger partial charge in [-0.1, -0.05) is 17.7 Å². The van der Waals surface area contributed by atoms with E-state index in [-0.39, 0.29) is 11.5 Å². The van der Waals surface area contributed by atoms with Crippen LogP contribution in [0.5, 0.6) is 17.2 Å². The van der Waals surface area contributed by atoms with Gasteiger partial charge in [-0.3, -0.25) is 25.2 Å². The second kappa shape index (κ2) is 11.4. The first-order valence-corrected chi connectivity index (χ1v) is 12.7.